The first-order chi connectivity index (χ1) is 7.38. The predicted molar refractivity (Wildman–Crippen MR) is 60.1 cm³/mol. The van der Waals surface area contributed by atoms with Crippen LogP contribution in [0, 0.1) is 5.92 Å². The molecule has 16 heavy (non-hydrogen) atoms. The van der Waals surface area contributed by atoms with E-state index < -0.39 is 5.60 Å². The Hall–Kier alpha value is -0.770. The van der Waals surface area contributed by atoms with Gasteiger partial charge in [0, 0.05) is 18.5 Å². The Kier molecular flexibility index (Phi) is 2.86. The van der Waals surface area contributed by atoms with Crippen molar-refractivity contribution in [2.75, 3.05) is 6.54 Å². The van der Waals surface area contributed by atoms with Gasteiger partial charge < -0.3 is 14.7 Å². The molecule has 2 fully saturated rings. The van der Waals surface area contributed by atoms with E-state index in [-0.39, 0.29) is 24.2 Å². The monoisotopic (exact) mass is 227 g/mol. The van der Waals surface area contributed by atoms with Crippen LogP contribution in [0.1, 0.15) is 40.0 Å². The Morgan fingerprint density at radius 3 is 2.62 bits per heavy atom. The first-order valence-corrected chi connectivity index (χ1v) is 6.06. The highest BCUT2D eigenvalue weighted by Crippen LogP contribution is 2.38. The Bertz CT molecular complexity index is 284. The van der Waals surface area contributed by atoms with Crippen LogP contribution in [0.3, 0.4) is 0 Å². The van der Waals surface area contributed by atoms with E-state index >= 15 is 0 Å². The molecule has 0 aromatic rings. The highest BCUT2D eigenvalue weighted by Gasteiger charge is 2.45. The van der Waals surface area contributed by atoms with Gasteiger partial charge in [0.1, 0.15) is 5.60 Å². The lowest BCUT2D eigenvalue weighted by Crippen LogP contribution is -2.40. The fourth-order valence-corrected chi connectivity index (χ4v) is 2.80. The molecule has 1 aliphatic carbocycles. The average molecular weight is 227 g/mol. The second-order valence-corrected chi connectivity index (χ2v) is 5.84. The zero-order valence-corrected chi connectivity index (χ0v) is 10.3. The van der Waals surface area contributed by atoms with Crippen molar-refractivity contribution in [2.45, 2.75) is 57.8 Å². The summed E-state index contributed by atoms with van der Waals surface area (Å²) in [7, 11) is 0. The molecule has 4 nitrogen and oxygen atoms in total. The molecule has 4 heteroatoms. The molecule has 1 heterocycles. The van der Waals surface area contributed by atoms with Crippen molar-refractivity contribution in [3.8, 4) is 0 Å². The van der Waals surface area contributed by atoms with Gasteiger partial charge in [-0.2, -0.15) is 0 Å². The number of hydrogen-bond acceptors (Lipinski definition) is 3. The van der Waals surface area contributed by atoms with Gasteiger partial charge in [0.05, 0.1) is 6.10 Å². The molecule has 1 N–H and O–H groups in total. The summed E-state index contributed by atoms with van der Waals surface area (Å²) in [4.78, 5) is 13.7. The summed E-state index contributed by atoms with van der Waals surface area (Å²) >= 11 is 0. The van der Waals surface area contributed by atoms with Crippen molar-refractivity contribution in [3.63, 3.8) is 0 Å². The standard InChI is InChI=1S/C12H21NO3/c1-12(2,3)16-11(15)13-7-6-8-9(13)4-5-10(8)14/h8-10,14H,4-7H2,1-3H3. The van der Waals surface area contributed by atoms with Crippen molar-refractivity contribution in [1.29, 1.82) is 0 Å². The topological polar surface area (TPSA) is 49.8 Å². The van der Waals surface area contributed by atoms with Gasteiger partial charge in [0.25, 0.3) is 0 Å². The minimum atomic E-state index is -0.438. The molecule has 1 aliphatic heterocycles. The normalized spacial score (nSPS) is 34.0. The van der Waals surface area contributed by atoms with Crippen molar-refractivity contribution < 1.29 is 14.6 Å². The Morgan fingerprint density at radius 1 is 1.31 bits per heavy atom. The summed E-state index contributed by atoms with van der Waals surface area (Å²) in [6, 6.07) is 0.199. The van der Waals surface area contributed by atoms with Crippen LogP contribution in [0.4, 0.5) is 4.79 Å². The van der Waals surface area contributed by atoms with Crippen LogP contribution in [0.2, 0.25) is 0 Å². The SMILES string of the molecule is CC(C)(C)OC(=O)N1CCC2C(O)CCC21. The summed E-state index contributed by atoms with van der Waals surface area (Å²) < 4.78 is 5.37. The number of carbonyl (C=O) groups is 1. The maximum atomic E-state index is 11.9. The number of likely N-dealkylation sites (tertiary alicyclic amines) is 1. The van der Waals surface area contributed by atoms with Crippen molar-refractivity contribution in [3.05, 3.63) is 0 Å². The molecule has 0 radical (unpaired) electrons. The third kappa shape index (κ3) is 2.17. The summed E-state index contributed by atoms with van der Waals surface area (Å²) in [5, 5.41) is 9.75. The predicted octanol–water partition coefficient (Wildman–Crippen LogP) is 1.77. The molecule has 0 aromatic carbocycles. The number of aliphatic hydroxyl groups excluding tert-OH is 1. The molecule has 3 atom stereocenters. The maximum Gasteiger partial charge on any atom is 0.410 e. The van der Waals surface area contributed by atoms with Gasteiger partial charge in [-0.1, -0.05) is 0 Å². The highest BCUT2D eigenvalue weighted by molar-refractivity contribution is 5.69. The van der Waals surface area contributed by atoms with Gasteiger partial charge in [0.2, 0.25) is 0 Å². The van der Waals surface area contributed by atoms with E-state index in [0.717, 1.165) is 25.8 Å². The number of nitrogens with zero attached hydrogens (tertiary/aromatic N) is 1. The lowest BCUT2D eigenvalue weighted by molar-refractivity contribution is 0.0211. The number of carbonyl (C=O) groups excluding carboxylic acids is 1. The van der Waals surface area contributed by atoms with Crippen LogP contribution in [0.5, 0.6) is 0 Å². The van der Waals surface area contributed by atoms with Crippen LogP contribution < -0.4 is 0 Å². The van der Waals surface area contributed by atoms with Crippen LogP contribution >= 0.6 is 0 Å². The van der Waals surface area contributed by atoms with E-state index in [1.165, 1.54) is 0 Å². The fraction of sp³-hybridized carbons (Fsp3) is 0.917. The van der Waals surface area contributed by atoms with E-state index in [0.29, 0.717) is 0 Å². The number of hydrogen-bond donors (Lipinski definition) is 1. The molecule has 0 spiro atoms. The fourth-order valence-electron chi connectivity index (χ4n) is 2.80. The molecule has 2 rings (SSSR count). The van der Waals surface area contributed by atoms with Crippen LogP contribution in [0.15, 0.2) is 0 Å². The Balaban J connectivity index is 1.99. The molecule has 0 bridgehead atoms. The molecule has 2 aliphatic rings. The lowest BCUT2D eigenvalue weighted by Gasteiger charge is -2.28. The second kappa shape index (κ2) is 3.91. The number of ether oxygens (including phenoxy) is 1. The number of amides is 1. The van der Waals surface area contributed by atoms with Crippen LogP contribution in [-0.4, -0.2) is 40.4 Å². The van der Waals surface area contributed by atoms with Crippen molar-refractivity contribution in [1.82, 2.24) is 4.90 Å². The largest absolute Gasteiger partial charge is 0.444 e. The maximum absolute atomic E-state index is 11.9. The van der Waals surface area contributed by atoms with Gasteiger partial charge in [0.15, 0.2) is 0 Å². The third-order valence-corrected chi connectivity index (χ3v) is 3.48. The molecule has 0 aromatic heterocycles. The second-order valence-electron chi connectivity index (χ2n) is 5.84. The molecule has 3 unspecified atom stereocenters. The Morgan fingerprint density at radius 2 is 2.00 bits per heavy atom. The van der Waals surface area contributed by atoms with Crippen LogP contribution in [0.25, 0.3) is 0 Å². The third-order valence-electron chi connectivity index (χ3n) is 3.48. The minimum absolute atomic E-state index is 0.199. The highest BCUT2D eigenvalue weighted by atomic mass is 16.6. The summed E-state index contributed by atoms with van der Waals surface area (Å²) in [6.45, 7) is 6.35. The minimum Gasteiger partial charge on any atom is -0.444 e. The first kappa shape index (κ1) is 11.7. The summed E-state index contributed by atoms with van der Waals surface area (Å²) in [5.74, 6) is 0.271. The summed E-state index contributed by atoms with van der Waals surface area (Å²) in [5.41, 5.74) is -0.438. The quantitative estimate of drug-likeness (QED) is 0.686. The average Bonchev–Trinajstić information content (AvgIpc) is 2.66. The van der Waals surface area contributed by atoms with Gasteiger partial charge in [-0.15, -0.1) is 0 Å². The number of rotatable bonds is 0. The number of fused-ring (bicyclic) bond motifs is 1. The zero-order chi connectivity index (χ0) is 11.9. The molecule has 1 amide bonds. The van der Waals surface area contributed by atoms with Crippen LogP contribution in [-0.2, 0) is 4.74 Å². The lowest BCUT2D eigenvalue weighted by atomic mass is 10.0. The van der Waals surface area contributed by atoms with E-state index in [9.17, 15) is 9.90 Å². The Labute approximate surface area is 96.6 Å². The van der Waals surface area contributed by atoms with Gasteiger partial charge in [-0.3, -0.25) is 0 Å². The summed E-state index contributed by atoms with van der Waals surface area (Å²) in [6.07, 6.45) is 2.18. The first-order valence-electron chi connectivity index (χ1n) is 6.06. The van der Waals surface area contributed by atoms with E-state index in [1.807, 2.05) is 20.8 Å². The molecule has 1 saturated carbocycles. The molecule has 1 saturated heterocycles. The van der Waals surface area contributed by atoms with Gasteiger partial charge in [-0.05, 0) is 40.0 Å². The molecular formula is C12H21NO3. The van der Waals surface area contributed by atoms with E-state index in [4.69, 9.17) is 4.74 Å². The van der Waals surface area contributed by atoms with Gasteiger partial charge in [-0.25, -0.2) is 4.79 Å². The van der Waals surface area contributed by atoms with E-state index in [2.05, 4.69) is 0 Å². The van der Waals surface area contributed by atoms with Crippen molar-refractivity contribution >= 4 is 6.09 Å². The molecule has 92 valence electrons. The van der Waals surface area contributed by atoms with Crippen molar-refractivity contribution in [2.24, 2.45) is 5.92 Å². The van der Waals surface area contributed by atoms with E-state index in [1.54, 1.807) is 4.90 Å². The number of aliphatic hydroxyl groups is 1. The van der Waals surface area contributed by atoms with Gasteiger partial charge >= 0.3 is 6.09 Å². The smallest absolute Gasteiger partial charge is 0.410 e. The molecular weight excluding hydrogens is 206 g/mol. The zero-order valence-electron chi connectivity index (χ0n) is 10.3.